The first-order valence-electron chi connectivity index (χ1n) is 9.76. The highest BCUT2D eigenvalue weighted by Gasteiger charge is 2.43. The second kappa shape index (κ2) is 8.26. The van der Waals surface area contributed by atoms with Gasteiger partial charge in [-0.1, -0.05) is 35.9 Å². The van der Waals surface area contributed by atoms with Crippen LogP contribution >= 0.6 is 11.6 Å². The lowest BCUT2D eigenvalue weighted by atomic mass is 9.71. The van der Waals surface area contributed by atoms with Gasteiger partial charge < -0.3 is 10.1 Å². The molecule has 1 saturated carbocycles. The number of carbonyl (C=O) groups excluding carboxylic acids is 1. The molecule has 4 rings (SSSR count). The van der Waals surface area contributed by atoms with Crippen LogP contribution in [0, 0.1) is 5.82 Å². The molecule has 9 heteroatoms. The van der Waals surface area contributed by atoms with Crippen LogP contribution in [0.25, 0.3) is 0 Å². The molecule has 0 aromatic heterocycles. The zero-order valence-electron chi connectivity index (χ0n) is 16.2. The molecular weight excluding hydrogens is 431 g/mol. The zero-order valence-corrected chi connectivity index (χ0v) is 17.8. The van der Waals surface area contributed by atoms with Gasteiger partial charge in [0.2, 0.25) is 10.0 Å². The van der Waals surface area contributed by atoms with Crippen molar-refractivity contribution >= 4 is 27.5 Å². The van der Waals surface area contributed by atoms with Crippen molar-refractivity contribution < 1.29 is 22.3 Å². The van der Waals surface area contributed by atoms with Crippen LogP contribution in [0.5, 0.6) is 0 Å². The molecule has 1 aliphatic heterocycles. The van der Waals surface area contributed by atoms with Gasteiger partial charge >= 0.3 is 0 Å². The largest absolute Gasteiger partial charge is 0.366 e. The summed E-state index contributed by atoms with van der Waals surface area (Å²) in [7, 11) is -3.85. The standard InChI is InChI=1S/C21H22ClFN2O4S/c22-17-4-1-2-5-19(17)30(27,28)25-12-13-29-18(14-25)20(26)24-21(10-3-11-21)15-6-8-16(23)9-7-15/h1-2,4-9,18H,3,10-14H2,(H,24,26)/t18-/m0/s1. The third-order valence-electron chi connectivity index (χ3n) is 5.74. The van der Waals surface area contributed by atoms with Gasteiger partial charge in [-0.2, -0.15) is 4.31 Å². The molecule has 0 bridgehead atoms. The Morgan fingerprint density at radius 3 is 2.50 bits per heavy atom. The van der Waals surface area contributed by atoms with E-state index in [2.05, 4.69) is 5.32 Å². The van der Waals surface area contributed by atoms with Crippen LogP contribution in [0.3, 0.4) is 0 Å². The number of ether oxygens (including phenoxy) is 1. The number of carbonyl (C=O) groups is 1. The molecule has 2 fully saturated rings. The summed E-state index contributed by atoms with van der Waals surface area (Å²) in [5.74, 6) is -0.714. The number of sulfonamides is 1. The van der Waals surface area contributed by atoms with E-state index in [-0.39, 0.29) is 41.3 Å². The first kappa shape index (κ1) is 21.2. The third-order valence-corrected chi connectivity index (χ3v) is 8.11. The van der Waals surface area contributed by atoms with Gasteiger partial charge in [-0.3, -0.25) is 4.79 Å². The van der Waals surface area contributed by atoms with Crippen LogP contribution in [-0.2, 0) is 25.1 Å². The summed E-state index contributed by atoms with van der Waals surface area (Å²) in [5, 5.41) is 3.16. The fraction of sp³-hybridized carbons (Fsp3) is 0.381. The molecule has 1 amide bonds. The Balaban J connectivity index is 1.50. The van der Waals surface area contributed by atoms with E-state index >= 15 is 0 Å². The minimum atomic E-state index is -3.85. The number of morpholine rings is 1. The number of nitrogens with one attached hydrogen (secondary N) is 1. The smallest absolute Gasteiger partial charge is 0.251 e. The molecule has 160 valence electrons. The molecule has 6 nitrogen and oxygen atoms in total. The van der Waals surface area contributed by atoms with E-state index in [9.17, 15) is 17.6 Å². The van der Waals surface area contributed by atoms with Crippen LogP contribution in [0.1, 0.15) is 24.8 Å². The quantitative estimate of drug-likeness (QED) is 0.756. The van der Waals surface area contributed by atoms with Crippen molar-refractivity contribution in [1.82, 2.24) is 9.62 Å². The lowest BCUT2D eigenvalue weighted by Crippen LogP contribution is -2.58. The normalized spacial score (nSPS) is 21.6. The van der Waals surface area contributed by atoms with Crippen LogP contribution in [0.2, 0.25) is 5.02 Å². The molecule has 0 unspecified atom stereocenters. The van der Waals surface area contributed by atoms with E-state index in [0.717, 1.165) is 24.8 Å². The molecule has 1 aliphatic carbocycles. The maximum Gasteiger partial charge on any atom is 0.251 e. The Morgan fingerprint density at radius 1 is 1.17 bits per heavy atom. The Morgan fingerprint density at radius 2 is 1.87 bits per heavy atom. The second-order valence-corrected chi connectivity index (χ2v) is 9.90. The predicted octanol–water partition coefficient (Wildman–Crippen LogP) is 3.06. The highest BCUT2D eigenvalue weighted by atomic mass is 35.5. The summed E-state index contributed by atoms with van der Waals surface area (Å²) in [6.45, 7) is 0.143. The van der Waals surface area contributed by atoms with Gasteiger partial charge in [0, 0.05) is 13.1 Å². The Hall–Kier alpha value is -2.00. The summed E-state index contributed by atoms with van der Waals surface area (Å²) >= 11 is 6.08. The molecule has 1 N–H and O–H groups in total. The lowest BCUT2D eigenvalue weighted by molar-refractivity contribution is -0.139. The Kier molecular flexibility index (Phi) is 5.85. The predicted molar refractivity (Wildman–Crippen MR) is 110 cm³/mol. The number of halogens is 2. The summed E-state index contributed by atoms with van der Waals surface area (Å²) in [4.78, 5) is 13.0. The molecule has 30 heavy (non-hydrogen) atoms. The number of hydrogen-bond donors (Lipinski definition) is 1. The van der Waals surface area contributed by atoms with E-state index in [1.54, 1.807) is 24.3 Å². The Bertz CT molecular complexity index is 1040. The fourth-order valence-corrected chi connectivity index (χ4v) is 5.82. The third kappa shape index (κ3) is 3.97. The molecule has 2 aliphatic rings. The maximum absolute atomic E-state index is 13.3. The monoisotopic (exact) mass is 452 g/mol. The topological polar surface area (TPSA) is 75.7 Å². The van der Waals surface area contributed by atoms with Crippen molar-refractivity contribution in [3.05, 3.63) is 64.9 Å². The highest BCUT2D eigenvalue weighted by molar-refractivity contribution is 7.89. The van der Waals surface area contributed by atoms with Crippen molar-refractivity contribution in [3.63, 3.8) is 0 Å². The number of rotatable bonds is 5. The van der Waals surface area contributed by atoms with E-state index in [1.807, 2.05) is 0 Å². The summed E-state index contributed by atoms with van der Waals surface area (Å²) < 4.78 is 46.1. The molecule has 2 aromatic rings. The maximum atomic E-state index is 13.3. The zero-order chi connectivity index (χ0) is 21.4. The first-order valence-corrected chi connectivity index (χ1v) is 11.6. The minimum Gasteiger partial charge on any atom is -0.366 e. The lowest BCUT2D eigenvalue weighted by Gasteiger charge is -2.44. The van der Waals surface area contributed by atoms with E-state index in [1.165, 1.54) is 28.6 Å². The van der Waals surface area contributed by atoms with E-state index in [0.29, 0.717) is 0 Å². The molecule has 2 aromatic carbocycles. The van der Waals surface area contributed by atoms with Gasteiger partial charge in [0.05, 0.1) is 17.2 Å². The second-order valence-electron chi connectivity index (χ2n) is 7.58. The average Bonchev–Trinajstić information content (AvgIpc) is 2.71. The molecule has 1 saturated heterocycles. The number of amides is 1. The fourth-order valence-electron chi connectivity index (χ4n) is 3.90. The van der Waals surface area contributed by atoms with Crippen LogP contribution in [0.15, 0.2) is 53.4 Å². The number of benzene rings is 2. The first-order chi connectivity index (χ1) is 14.3. The summed E-state index contributed by atoms with van der Waals surface area (Å²) in [6.07, 6.45) is 1.47. The van der Waals surface area contributed by atoms with Crippen LogP contribution in [-0.4, -0.2) is 44.4 Å². The van der Waals surface area contributed by atoms with Crippen molar-refractivity contribution in [3.8, 4) is 0 Å². The molecular formula is C21H22ClFN2O4S. The summed E-state index contributed by atoms with van der Waals surface area (Å²) in [5.41, 5.74) is 0.262. The van der Waals surface area contributed by atoms with Gasteiger partial charge in [0.15, 0.2) is 0 Å². The van der Waals surface area contributed by atoms with Crippen molar-refractivity contribution in [2.45, 2.75) is 35.8 Å². The van der Waals surface area contributed by atoms with Crippen molar-refractivity contribution in [2.75, 3.05) is 19.7 Å². The number of hydrogen-bond acceptors (Lipinski definition) is 4. The van der Waals surface area contributed by atoms with Crippen LogP contribution < -0.4 is 5.32 Å². The summed E-state index contributed by atoms with van der Waals surface area (Å²) in [6, 6.07) is 12.3. The van der Waals surface area contributed by atoms with E-state index < -0.39 is 21.7 Å². The number of nitrogens with zero attached hydrogens (tertiary/aromatic N) is 1. The minimum absolute atomic E-state index is 0.00880. The van der Waals surface area contributed by atoms with Gasteiger partial charge in [-0.05, 0) is 49.1 Å². The van der Waals surface area contributed by atoms with Gasteiger partial charge in [-0.25, -0.2) is 12.8 Å². The Labute approximate surface area is 180 Å². The average molecular weight is 453 g/mol. The van der Waals surface area contributed by atoms with Crippen LogP contribution in [0.4, 0.5) is 4.39 Å². The molecule has 1 heterocycles. The molecule has 0 radical (unpaired) electrons. The van der Waals surface area contributed by atoms with E-state index in [4.69, 9.17) is 16.3 Å². The SMILES string of the molecule is O=C(NC1(c2ccc(F)cc2)CCC1)[C@@H]1CN(S(=O)(=O)c2ccccc2Cl)CCO1. The van der Waals surface area contributed by atoms with Gasteiger partial charge in [-0.15, -0.1) is 0 Å². The van der Waals surface area contributed by atoms with Gasteiger partial charge in [0.1, 0.15) is 16.8 Å². The van der Waals surface area contributed by atoms with Crippen molar-refractivity contribution in [1.29, 1.82) is 0 Å². The van der Waals surface area contributed by atoms with Gasteiger partial charge in [0.25, 0.3) is 5.91 Å². The molecule has 1 atom stereocenters. The van der Waals surface area contributed by atoms with Crippen molar-refractivity contribution in [2.24, 2.45) is 0 Å². The molecule has 0 spiro atoms. The highest BCUT2D eigenvalue weighted by Crippen LogP contribution is 2.41.